The number of aromatic nitrogens is 2. The van der Waals surface area contributed by atoms with Gasteiger partial charge in [0.25, 0.3) is 0 Å². The van der Waals surface area contributed by atoms with E-state index in [1.165, 1.54) is 5.56 Å². The molecule has 1 heterocycles. The highest BCUT2D eigenvalue weighted by molar-refractivity contribution is 5.55. The standard InChI is InChI=1S/C18H26N4O/c1-13(2)15-6-8-16(9-7-15)21-18-20-14(3)12-17(22-18)19-10-5-11-23-4/h6-9,12-13H,5,10-11H2,1-4H3,(H2,19,20,21,22). The molecule has 0 spiro atoms. The molecule has 1 aromatic carbocycles. The first-order valence-electron chi connectivity index (χ1n) is 8.04. The molecule has 0 aliphatic heterocycles. The third-order valence-electron chi connectivity index (χ3n) is 3.52. The Morgan fingerprint density at radius 1 is 1.13 bits per heavy atom. The zero-order valence-corrected chi connectivity index (χ0v) is 14.4. The molecule has 0 radical (unpaired) electrons. The molecule has 0 aliphatic rings. The van der Waals surface area contributed by atoms with Gasteiger partial charge in [-0.05, 0) is 37.0 Å². The van der Waals surface area contributed by atoms with E-state index in [2.05, 4.69) is 58.7 Å². The van der Waals surface area contributed by atoms with Crippen LogP contribution >= 0.6 is 0 Å². The van der Waals surface area contributed by atoms with Gasteiger partial charge in [0.2, 0.25) is 5.95 Å². The van der Waals surface area contributed by atoms with Crippen LogP contribution in [0.25, 0.3) is 0 Å². The highest BCUT2D eigenvalue weighted by Gasteiger charge is 2.04. The van der Waals surface area contributed by atoms with Crippen molar-refractivity contribution in [3.05, 3.63) is 41.6 Å². The third-order valence-corrected chi connectivity index (χ3v) is 3.52. The fourth-order valence-electron chi connectivity index (χ4n) is 2.23. The highest BCUT2D eigenvalue weighted by atomic mass is 16.5. The van der Waals surface area contributed by atoms with Crippen molar-refractivity contribution in [3.8, 4) is 0 Å². The van der Waals surface area contributed by atoms with E-state index >= 15 is 0 Å². The van der Waals surface area contributed by atoms with Gasteiger partial charge in [-0.2, -0.15) is 4.98 Å². The number of methoxy groups -OCH3 is 1. The molecule has 0 amide bonds. The fourth-order valence-corrected chi connectivity index (χ4v) is 2.23. The Morgan fingerprint density at radius 2 is 1.87 bits per heavy atom. The molecule has 0 saturated carbocycles. The van der Waals surface area contributed by atoms with Crippen LogP contribution in [0, 0.1) is 6.92 Å². The van der Waals surface area contributed by atoms with Gasteiger partial charge >= 0.3 is 0 Å². The van der Waals surface area contributed by atoms with Crippen molar-refractivity contribution in [3.63, 3.8) is 0 Å². The van der Waals surface area contributed by atoms with E-state index in [1.807, 2.05) is 13.0 Å². The van der Waals surface area contributed by atoms with E-state index in [0.29, 0.717) is 11.9 Å². The lowest BCUT2D eigenvalue weighted by Crippen LogP contribution is -2.08. The van der Waals surface area contributed by atoms with Crippen molar-refractivity contribution in [1.82, 2.24) is 9.97 Å². The van der Waals surface area contributed by atoms with Crippen LogP contribution in [-0.2, 0) is 4.74 Å². The second-order valence-electron chi connectivity index (χ2n) is 5.89. The van der Waals surface area contributed by atoms with E-state index in [0.717, 1.165) is 36.8 Å². The van der Waals surface area contributed by atoms with Gasteiger partial charge in [0, 0.05) is 37.7 Å². The van der Waals surface area contributed by atoms with Crippen LogP contribution in [-0.4, -0.2) is 30.2 Å². The smallest absolute Gasteiger partial charge is 0.229 e. The topological polar surface area (TPSA) is 59.1 Å². The number of nitrogens with one attached hydrogen (secondary N) is 2. The molecule has 124 valence electrons. The van der Waals surface area contributed by atoms with Crippen LogP contribution in [0.5, 0.6) is 0 Å². The van der Waals surface area contributed by atoms with Gasteiger partial charge in [-0.15, -0.1) is 0 Å². The molecule has 0 unspecified atom stereocenters. The van der Waals surface area contributed by atoms with Gasteiger partial charge < -0.3 is 15.4 Å². The molecular weight excluding hydrogens is 288 g/mol. The van der Waals surface area contributed by atoms with Crippen molar-refractivity contribution < 1.29 is 4.74 Å². The number of hydrogen-bond acceptors (Lipinski definition) is 5. The number of aryl methyl sites for hydroxylation is 1. The minimum Gasteiger partial charge on any atom is -0.385 e. The number of ether oxygens (including phenoxy) is 1. The first-order valence-corrected chi connectivity index (χ1v) is 8.04. The normalized spacial score (nSPS) is 10.8. The molecule has 0 fully saturated rings. The van der Waals surface area contributed by atoms with E-state index in [4.69, 9.17) is 4.74 Å². The van der Waals surface area contributed by atoms with Crippen molar-refractivity contribution in [1.29, 1.82) is 0 Å². The Balaban J connectivity index is 2.02. The van der Waals surface area contributed by atoms with Gasteiger partial charge in [0.05, 0.1) is 0 Å². The molecule has 5 heteroatoms. The predicted molar refractivity (Wildman–Crippen MR) is 95.6 cm³/mol. The van der Waals surface area contributed by atoms with E-state index in [1.54, 1.807) is 7.11 Å². The van der Waals surface area contributed by atoms with Gasteiger partial charge in [0.15, 0.2) is 0 Å². The average Bonchev–Trinajstić information content (AvgIpc) is 2.51. The minimum absolute atomic E-state index is 0.530. The first-order chi connectivity index (χ1) is 11.1. The molecule has 0 saturated heterocycles. The maximum absolute atomic E-state index is 5.05. The summed E-state index contributed by atoms with van der Waals surface area (Å²) >= 11 is 0. The van der Waals surface area contributed by atoms with Crippen molar-refractivity contribution in [2.45, 2.75) is 33.1 Å². The molecule has 0 bridgehead atoms. The SMILES string of the molecule is COCCCNc1cc(C)nc(Nc2ccc(C(C)C)cc2)n1. The Bertz CT molecular complexity index is 611. The molecule has 2 rings (SSSR count). The zero-order chi connectivity index (χ0) is 16.7. The minimum atomic E-state index is 0.530. The first kappa shape index (κ1) is 17.2. The molecule has 5 nitrogen and oxygen atoms in total. The lowest BCUT2D eigenvalue weighted by atomic mass is 10.0. The third kappa shape index (κ3) is 5.53. The summed E-state index contributed by atoms with van der Waals surface area (Å²) in [5.74, 6) is 1.97. The summed E-state index contributed by atoms with van der Waals surface area (Å²) < 4.78 is 5.05. The van der Waals surface area contributed by atoms with Crippen molar-refractivity contribution >= 4 is 17.5 Å². The summed E-state index contributed by atoms with van der Waals surface area (Å²) in [5.41, 5.74) is 3.24. The maximum atomic E-state index is 5.05. The predicted octanol–water partition coefficient (Wildman–Crippen LogP) is 4.10. The van der Waals surface area contributed by atoms with Crippen LogP contribution in [0.2, 0.25) is 0 Å². The lowest BCUT2D eigenvalue weighted by Gasteiger charge is -2.11. The number of benzene rings is 1. The van der Waals surface area contributed by atoms with Crippen LogP contribution in [0.4, 0.5) is 17.5 Å². The molecule has 0 aliphatic carbocycles. The Hall–Kier alpha value is -2.14. The molecule has 23 heavy (non-hydrogen) atoms. The Labute approximate surface area is 138 Å². The average molecular weight is 314 g/mol. The maximum Gasteiger partial charge on any atom is 0.229 e. The molecular formula is C18H26N4O. The van der Waals surface area contributed by atoms with Gasteiger partial charge in [0.1, 0.15) is 5.82 Å². The number of hydrogen-bond donors (Lipinski definition) is 2. The zero-order valence-electron chi connectivity index (χ0n) is 14.4. The molecule has 2 N–H and O–H groups in total. The summed E-state index contributed by atoms with van der Waals surface area (Å²) in [4.78, 5) is 8.95. The molecule has 0 atom stereocenters. The van der Waals surface area contributed by atoms with E-state index < -0.39 is 0 Å². The van der Waals surface area contributed by atoms with Crippen LogP contribution in [0.3, 0.4) is 0 Å². The number of anilines is 3. The monoisotopic (exact) mass is 314 g/mol. The van der Waals surface area contributed by atoms with Gasteiger partial charge in [-0.3, -0.25) is 0 Å². The summed E-state index contributed by atoms with van der Waals surface area (Å²) in [7, 11) is 1.71. The molecule has 1 aromatic heterocycles. The Kier molecular flexibility index (Phi) is 6.35. The van der Waals surface area contributed by atoms with Crippen LogP contribution in [0.15, 0.2) is 30.3 Å². The summed E-state index contributed by atoms with van der Waals surface area (Å²) in [6.45, 7) is 7.91. The highest BCUT2D eigenvalue weighted by Crippen LogP contribution is 2.20. The van der Waals surface area contributed by atoms with E-state index in [9.17, 15) is 0 Å². The largest absolute Gasteiger partial charge is 0.385 e. The van der Waals surface area contributed by atoms with Crippen molar-refractivity contribution in [2.24, 2.45) is 0 Å². The van der Waals surface area contributed by atoms with Crippen LogP contribution < -0.4 is 10.6 Å². The summed E-state index contributed by atoms with van der Waals surface area (Å²) in [5, 5.41) is 6.57. The second-order valence-corrected chi connectivity index (χ2v) is 5.89. The second kappa shape index (κ2) is 8.48. The van der Waals surface area contributed by atoms with Gasteiger partial charge in [-0.1, -0.05) is 26.0 Å². The molecule has 2 aromatic rings. The van der Waals surface area contributed by atoms with E-state index in [-0.39, 0.29) is 0 Å². The van der Waals surface area contributed by atoms with Gasteiger partial charge in [-0.25, -0.2) is 4.98 Å². The summed E-state index contributed by atoms with van der Waals surface area (Å²) in [6, 6.07) is 10.3. The number of rotatable bonds is 8. The quantitative estimate of drug-likeness (QED) is 0.718. The number of nitrogens with zero attached hydrogens (tertiary/aromatic N) is 2. The van der Waals surface area contributed by atoms with Crippen molar-refractivity contribution in [2.75, 3.05) is 30.9 Å². The fraction of sp³-hybridized carbons (Fsp3) is 0.444. The summed E-state index contributed by atoms with van der Waals surface area (Å²) in [6.07, 6.45) is 0.943. The van der Waals surface area contributed by atoms with Crippen LogP contribution in [0.1, 0.15) is 37.4 Å². The Morgan fingerprint density at radius 3 is 2.52 bits per heavy atom. The lowest BCUT2D eigenvalue weighted by molar-refractivity contribution is 0.198.